The van der Waals surface area contributed by atoms with E-state index in [1.54, 1.807) is 0 Å². The minimum Gasteiger partial charge on any atom is -0.305 e. The van der Waals surface area contributed by atoms with Gasteiger partial charge in [-0.25, -0.2) is 0 Å². The van der Waals surface area contributed by atoms with Crippen LogP contribution < -0.4 is 0 Å². The van der Waals surface area contributed by atoms with Gasteiger partial charge in [-0.2, -0.15) is 0 Å². The Bertz CT molecular complexity index is 473. The molecule has 0 aromatic rings. The predicted octanol–water partition coefficient (Wildman–Crippen LogP) is 2.84. The lowest BCUT2D eigenvalue weighted by Gasteiger charge is -2.63. The fraction of sp³-hybridized carbons (Fsp3) is 1.00. The highest BCUT2D eigenvalue weighted by Gasteiger charge is 2.53. The van der Waals surface area contributed by atoms with E-state index in [1.807, 2.05) is 0 Å². The molecule has 0 saturated carbocycles. The predicted molar refractivity (Wildman–Crippen MR) is 112 cm³/mol. The zero-order valence-corrected chi connectivity index (χ0v) is 18.9. The van der Waals surface area contributed by atoms with Crippen LogP contribution in [0.25, 0.3) is 0 Å². The van der Waals surface area contributed by atoms with E-state index in [2.05, 4.69) is 75.1 Å². The first-order valence-electron chi connectivity index (χ1n) is 10.8. The normalized spacial score (nSPS) is 28.6. The van der Waals surface area contributed by atoms with Crippen LogP contribution in [0.3, 0.4) is 0 Å². The van der Waals surface area contributed by atoms with Crippen molar-refractivity contribution in [2.24, 2.45) is 10.8 Å². The van der Waals surface area contributed by atoms with Gasteiger partial charge in [0.1, 0.15) is 0 Å². The molecule has 26 heavy (non-hydrogen) atoms. The van der Waals surface area contributed by atoms with Gasteiger partial charge >= 0.3 is 0 Å². The second kappa shape index (κ2) is 6.72. The standard InChI is InChI=1S/C12H24N2.C10H20N2/c1-5-6-13-7-12(8-13)9-14(10-12)11(2,3)4;1-9(2,3)12-7-10(8-12)5-11(4)6-10/h5-10H2,1-4H3;5-8H2,1-4H3. The summed E-state index contributed by atoms with van der Waals surface area (Å²) in [7, 11) is 2.21. The average Bonchev–Trinajstić information content (AvgIpc) is 2.31. The van der Waals surface area contributed by atoms with Crippen molar-refractivity contribution < 1.29 is 0 Å². The maximum Gasteiger partial charge on any atom is 0.0212 e. The Morgan fingerprint density at radius 2 is 1.04 bits per heavy atom. The molecular formula is C22H44N4. The third-order valence-corrected chi connectivity index (χ3v) is 6.87. The summed E-state index contributed by atoms with van der Waals surface area (Å²) in [5.74, 6) is 0. The number of hydrogen-bond donors (Lipinski definition) is 0. The van der Waals surface area contributed by atoms with E-state index in [-0.39, 0.29) is 0 Å². The molecule has 2 spiro atoms. The lowest BCUT2D eigenvalue weighted by Crippen LogP contribution is -2.74. The van der Waals surface area contributed by atoms with Crippen LogP contribution in [-0.2, 0) is 0 Å². The number of nitrogens with zero attached hydrogens (tertiary/aromatic N) is 4. The highest BCUT2D eigenvalue weighted by molar-refractivity contribution is 5.08. The summed E-state index contributed by atoms with van der Waals surface area (Å²) in [6.45, 7) is 28.1. The molecule has 4 heteroatoms. The molecule has 0 aromatic carbocycles. The van der Waals surface area contributed by atoms with Gasteiger partial charge in [-0.05, 0) is 61.6 Å². The van der Waals surface area contributed by atoms with Gasteiger partial charge in [0.15, 0.2) is 0 Å². The second-order valence-electron chi connectivity index (χ2n) is 11.9. The van der Waals surface area contributed by atoms with Crippen LogP contribution in [0.4, 0.5) is 0 Å². The Kier molecular flexibility index (Phi) is 5.32. The minimum atomic E-state index is 0.385. The molecule has 0 unspecified atom stereocenters. The topological polar surface area (TPSA) is 13.0 Å². The highest BCUT2D eigenvalue weighted by atomic mass is 15.3. The van der Waals surface area contributed by atoms with Crippen molar-refractivity contribution in [2.75, 3.05) is 66.0 Å². The van der Waals surface area contributed by atoms with Gasteiger partial charge in [-0.1, -0.05) is 6.92 Å². The Balaban J connectivity index is 0.000000152. The van der Waals surface area contributed by atoms with E-state index in [0.29, 0.717) is 21.9 Å². The van der Waals surface area contributed by atoms with Gasteiger partial charge in [0.05, 0.1) is 0 Å². The number of likely N-dealkylation sites (tertiary alicyclic amines) is 4. The molecule has 4 saturated heterocycles. The van der Waals surface area contributed by atoms with E-state index >= 15 is 0 Å². The van der Waals surface area contributed by atoms with Gasteiger partial charge in [-0.15, -0.1) is 0 Å². The molecule has 0 atom stereocenters. The van der Waals surface area contributed by atoms with E-state index < -0.39 is 0 Å². The molecular weight excluding hydrogens is 320 g/mol. The van der Waals surface area contributed by atoms with Crippen molar-refractivity contribution in [2.45, 2.75) is 66.0 Å². The van der Waals surface area contributed by atoms with Crippen LogP contribution in [-0.4, -0.2) is 96.6 Å². The van der Waals surface area contributed by atoms with Crippen LogP contribution in [0.15, 0.2) is 0 Å². The fourth-order valence-electron chi connectivity index (χ4n) is 5.35. The SMILES string of the molecule is CCCN1CC2(C1)CN(C(C)(C)C)C2.CN1CC2(C1)CN(C(C)(C)C)C2. The fourth-order valence-corrected chi connectivity index (χ4v) is 5.35. The molecule has 4 fully saturated rings. The quantitative estimate of drug-likeness (QED) is 0.747. The Labute approximate surface area is 162 Å². The maximum absolute atomic E-state index is 2.61. The molecule has 0 amide bonds. The van der Waals surface area contributed by atoms with Crippen LogP contribution in [0.2, 0.25) is 0 Å². The van der Waals surface area contributed by atoms with Crippen LogP contribution in [0.1, 0.15) is 54.9 Å². The first-order chi connectivity index (χ1) is 11.9. The summed E-state index contributed by atoms with van der Waals surface area (Å²) in [5, 5.41) is 0. The Morgan fingerprint density at radius 1 is 0.654 bits per heavy atom. The van der Waals surface area contributed by atoms with E-state index in [1.165, 1.54) is 65.3 Å². The van der Waals surface area contributed by atoms with Crippen molar-refractivity contribution >= 4 is 0 Å². The van der Waals surface area contributed by atoms with Gasteiger partial charge in [0.2, 0.25) is 0 Å². The van der Waals surface area contributed by atoms with E-state index in [4.69, 9.17) is 0 Å². The van der Waals surface area contributed by atoms with Crippen molar-refractivity contribution in [3.8, 4) is 0 Å². The van der Waals surface area contributed by atoms with Crippen molar-refractivity contribution in [3.05, 3.63) is 0 Å². The summed E-state index contributed by atoms with van der Waals surface area (Å²) >= 11 is 0. The van der Waals surface area contributed by atoms with Gasteiger partial charge in [0.25, 0.3) is 0 Å². The first kappa shape index (κ1) is 20.6. The molecule has 0 aromatic heterocycles. The van der Waals surface area contributed by atoms with Gasteiger partial charge < -0.3 is 9.80 Å². The molecule has 0 radical (unpaired) electrons. The number of rotatable bonds is 2. The maximum atomic E-state index is 2.61. The lowest BCUT2D eigenvalue weighted by molar-refractivity contribution is -0.144. The van der Waals surface area contributed by atoms with E-state index in [0.717, 1.165) is 0 Å². The average molecular weight is 365 g/mol. The molecule has 4 nitrogen and oxygen atoms in total. The smallest absolute Gasteiger partial charge is 0.0212 e. The Hall–Kier alpha value is -0.160. The molecule has 152 valence electrons. The molecule has 4 aliphatic rings. The zero-order chi connectivity index (χ0) is 19.4. The van der Waals surface area contributed by atoms with Gasteiger partial charge in [-0.3, -0.25) is 9.80 Å². The highest BCUT2D eigenvalue weighted by Crippen LogP contribution is 2.43. The van der Waals surface area contributed by atoms with Crippen molar-refractivity contribution in [1.29, 1.82) is 0 Å². The molecule has 0 N–H and O–H groups in total. The molecule has 4 rings (SSSR count). The summed E-state index contributed by atoms with van der Waals surface area (Å²) in [6, 6.07) is 0. The van der Waals surface area contributed by atoms with Gasteiger partial charge in [0, 0.05) is 74.3 Å². The lowest BCUT2D eigenvalue weighted by atomic mass is 9.71. The molecule has 0 aliphatic carbocycles. The van der Waals surface area contributed by atoms with Crippen molar-refractivity contribution in [1.82, 2.24) is 19.6 Å². The first-order valence-corrected chi connectivity index (χ1v) is 10.8. The summed E-state index contributed by atoms with van der Waals surface area (Å²) in [5.41, 5.74) is 2.17. The number of hydrogen-bond acceptors (Lipinski definition) is 4. The molecule has 4 heterocycles. The van der Waals surface area contributed by atoms with Crippen molar-refractivity contribution in [3.63, 3.8) is 0 Å². The Morgan fingerprint density at radius 3 is 1.35 bits per heavy atom. The zero-order valence-electron chi connectivity index (χ0n) is 18.9. The van der Waals surface area contributed by atoms with Crippen LogP contribution in [0, 0.1) is 10.8 Å². The summed E-state index contributed by atoms with van der Waals surface area (Å²) < 4.78 is 0. The summed E-state index contributed by atoms with van der Waals surface area (Å²) in [6.07, 6.45) is 1.30. The minimum absolute atomic E-state index is 0.385. The summed E-state index contributed by atoms with van der Waals surface area (Å²) in [4.78, 5) is 10.2. The monoisotopic (exact) mass is 364 g/mol. The molecule has 0 bridgehead atoms. The second-order valence-corrected chi connectivity index (χ2v) is 11.9. The van der Waals surface area contributed by atoms with Crippen LogP contribution in [0.5, 0.6) is 0 Å². The molecule has 4 aliphatic heterocycles. The van der Waals surface area contributed by atoms with E-state index in [9.17, 15) is 0 Å². The largest absolute Gasteiger partial charge is 0.305 e. The third-order valence-electron chi connectivity index (χ3n) is 6.87. The third kappa shape index (κ3) is 4.14. The van der Waals surface area contributed by atoms with Crippen LogP contribution >= 0.6 is 0 Å².